The molecule has 1 aliphatic heterocycles. The van der Waals surface area contributed by atoms with Gasteiger partial charge < -0.3 is 26.0 Å². The van der Waals surface area contributed by atoms with Gasteiger partial charge in [-0.05, 0) is 81.2 Å². The summed E-state index contributed by atoms with van der Waals surface area (Å²) in [6.45, 7) is 0.652. The molecular formula is C32H43N5O3. The molecule has 2 aromatic rings. The van der Waals surface area contributed by atoms with Crippen LogP contribution in [-0.4, -0.2) is 46.7 Å². The second kappa shape index (κ2) is 12.7. The van der Waals surface area contributed by atoms with Crippen molar-refractivity contribution in [3.05, 3.63) is 54.1 Å². The van der Waals surface area contributed by atoms with Crippen molar-refractivity contribution in [1.82, 2.24) is 9.80 Å². The second-order valence-corrected chi connectivity index (χ2v) is 11.7. The fourth-order valence-corrected chi connectivity index (χ4v) is 6.79. The number of amides is 2. The summed E-state index contributed by atoms with van der Waals surface area (Å²) in [6, 6.07) is 16.1. The Morgan fingerprint density at radius 1 is 1.00 bits per heavy atom. The molecule has 0 unspecified atom stereocenters. The molecule has 2 aromatic carbocycles. The summed E-state index contributed by atoms with van der Waals surface area (Å²) in [5, 5.41) is 0. The van der Waals surface area contributed by atoms with Crippen LogP contribution in [0.25, 0.3) is 0 Å². The van der Waals surface area contributed by atoms with Crippen LogP contribution < -0.4 is 16.2 Å². The number of nitrogens with zero attached hydrogens (tertiary/aromatic N) is 3. The Bertz CT molecular complexity index is 1200. The number of benzene rings is 2. The third-order valence-electron chi connectivity index (χ3n) is 9.19. The van der Waals surface area contributed by atoms with Gasteiger partial charge in [-0.15, -0.1) is 0 Å². The highest BCUT2D eigenvalue weighted by molar-refractivity contribution is 5.84. The van der Waals surface area contributed by atoms with E-state index in [1.807, 2.05) is 54.4 Å². The van der Waals surface area contributed by atoms with Crippen molar-refractivity contribution in [3.8, 4) is 11.5 Å². The number of ether oxygens (including phenoxy) is 1. The van der Waals surface area contributed by atoms with Gasteiger partial charge in [-0.25, -0.2) is 4.99 Å². The molecule has 8 heteroatoms. The summed E-state index contributed by atoms with van der Waals surface area (Å²) in [5.74, 6) is 2.47. The van der Waals surface area contributed by atoms with Crippen molar-refractivity contribution >= 4 is 23.5 Å². The first kappa shape index (κ1) is 28.0. The molecule has 214 valence electrons. The first-order valence-electron chi connectivity index (χ1n) is 14.9. The van der Waals surface area contributed by atoms with Crippen LogP contribution in [0.2, 0.25) is 0 Å². The van der Waals surface area contributed by atoms with E-state index in [2.05, 4.69) is 11.0 Å². The predicted molar refractivity (Wildman–Crippen MR) is 157 cm³/mol. The van der Waals surface area contributed by atoms with E-state index in [4.69, 9.17) is 21.2 Å². The van der Waals surface area contributed by atoms with Crippen LogP contribution in [0.5, 0.6) is 11.5 Å². The smallest absolute Gasteiger partial charge is 0.222 e. The Hall–Kier alpha value is -3.55. The van der Waals surface area contributed by atoms with Crippen molar-refractivity contribution < 1.29 is 14.3 Å². The molecule has 8 nitrogen and oxygen atoms in total. The predicted octanol–water partition coefficient (Wildman–Crippen LogP) is 5.47. The molecule has 1 atom stereocenters. The third kappa shape index (κ3) is 6.60. The van der Waals surface area contributed by atoms with Crippen molar-refractivity contribution in [2.24, 2.45) is 28.3 Å². The molecule has 2 aliphatic carbocycles. The van der Waals surface area contributed by atoms with Crippen LogP contribution in [0.3, 0.4) is 0 Å². The van der Waals surface area contributed by atoms with Gasteiger partial charge in [0, 0.05) is 43.6 Å². The maximum atomic E-state index is 13.4. The Labute approximate surface area is 237 Å². The molecule has 40 heavy (non-hydrogen) atoms. The van der Waals surface area contributed by atoms with Gasteiger partial charge in [-0.2, -0.15) is 0 Å². The second-order valence-electron chi connectivity index (χ2n) is 11.7. The average molecular weight is 546 g/mol. The zero-order valence-corrected chi connectivity index (χ0v) is 23.6. The minimum atomic E-state index is -0.219. The summed E-state index contributed by atoms with van der Waals surface area (Å²) in [5.41, 5.74) is 14.1. The van der Waals surface area contributed by atoms with E-state index in [9.17, 15) is 9.59 Å². The molecule has 1 heterocycles. The van der Waals surface area contributed by atoms with Gasteiger partial charge in [0.05, 0.1) is 5.69 Å². The lowest BCUT2D eigenvalue weighted by molar-refractivity contribution is -0.133. The number of fused-ring (bicyclic) bond motifs is 1. The van der Waals surface area contributed by atoms with Crippen LogP contribution in [0.1, 0.15) is 76.2 Å². The lowest BCUT2D eigenvalue weighted by Gasteiger charge is -2.41. The lowest BCUT2D eigenvalue weighted by atomic mass is 9.81. The number of carbonyl (C=O) groups is 2. The zero-order valence-electron chi connectivity index (χ0n) is 23.6. The Kier molecular flexibility index (Phi) is 8.92. The van der Waals surface area contributed by atoms with Gasteiger partial charge in [0.25, 0.3) is 0 Å². The number of aliphatic imine (C=N–C) groups is 1. The highest BCUT2D eigenvalue weighted by Crippen LogP contribution is 2.37. The quantitative estimate of drug-likeness (QED) is 0.434. The summed E-state index contributed by atoms with van der Waals surface area (Å²) >= 11 is 0. The minimum Gasteiger partial charge on any atom is -0.457 e. The fraction of sp³-hybridized carbons (Fsp3) is 0.531. The van der Waals surface area contributed by atoms with Crippen molar-refractivity contribution in [2.75, 3.05) is 7.05 Å². The number of rotatable bonds is 9. The third-order valence-corrected chi connectivity index (χ3v) is 9.19. The van der Waals surface area contributed by atoms with E-state index in [0.29, 0.717) is 24.8 Å². The number of carbonyl (C=O) groups excluding carboxylic acids is 2. The maximum absolute atomic E-state index is 13.4. The monoisotopic (exact) mass is 545 g/mol. The molecule has 0 radical (unpaired) electrons. The van der Waals surface area contributed by atoms with Gasteiger partial charge in [0.2, 0.25) is 11.8 Å². The average Bonchev–Trinajstić information content (AvgIpc) is 2.98. The Morgan fingerprint density at radius 2 is 1.73 bits per heavy atom. The first-order chi connectivity index (χ1) is 19.4. The highest BCUT2D eigenvalue weighted by atomic mass is 16.5. The van der Waals surface area contributed by atoms with Crippen molar-refractivity contribution in [2.45, 2.75) is 89.3 Å². The molecule has 2 amide bonds. The fourth-order valence-electron chi connectivity index (χ4n) is 6.79. The standard InChI is InChI=1S/C32H43N5O3/c1-36(25-14-12-23(13-15-25)31(33)39)30(38)19-18-29(22-8-4-2-5-9-22)37-21-24-20-27(16-17-28(24)35-32(37)34)40-26-10-6-3-7-11-26/h3,6-7,10-11,16-17,20,22-23,25,29H,2,4-5,8-9,12-15,18-19,21H2,1H3,(H2,33,39)(H2,34,35)/t23-,25+,29-/m0/s1. The van der Waals surface area contributed by atoms with Gasteiger partial charge in [-0.3, -0.25) is 9.59 Å². The molecule has 0 bridgehead atoms. The Balaban J connectivity index is 1.27. The van der Waals surface area contributed by atoms with Gasteiger partial charge in [-0.1, -0.05) is 37.5 Å². The molecule has 3 aliphatic rings. The first-order valence-corrected chi connectivity index (χ1v) is 14.9. The summed E-state index contributed by atoms with van der Waals surface area (Å²) < 4.78 is 6.09. The number of hydrogen-bond acceptors (Lipinski definition) is 6. The minimum absolute atomic E-state index is 0.0571. The van der Waals surface area contributed by atoms with Crippen LogP contribution in [0.4, 0.5) is 5.69 Å². The molecule has 2 saturated carbocycles. The van der Waals surface area contributed by atoms with Gasteiger partial charge >= 0.3 is 0 Å². The molecule has 0 aromatic heterocycles. The van der Waals surface area contributed by atoms with Crippen molar-refractivity contribution in [3.63, 3.8) is 0 Å². The molecule has 5 rings (SSSR count). The van der Waals surface area contributed by atoms with E-state index in [-0.39, 0.29) is 29.8 Å². The van der Waals surface area contributed by atoms with Crippen molar-refractivity contribution in [1.29, 1.82) is 0 Å². The number of para-hydroxylation sites is 1. The van der Waals surface area contributed by atoms with Crippen LogP contribution >= 0.6 is 0 Å². The van der Waals surface area contributed by atoms with E-state index < -0.39 is 0 Å². The van der Waals surface area contributed by atoms with Crippen LogP contribution in [0, 0.1) is 11.8 Å². The normalized spacial score (nSPS) is 22.1. The van der Waals surface area contributed by atoms with Crippen LogP contribution in [-0.2, 0) is 16.1 Å². The number of hydrogen-bond donors (Lipinski definition) is 2. The van der Waals surface area contributed by atoms with E-state index in [1.165, 1.54) is 19.3 Å². The summed E-state index contributed by atoms with van der Waals surface area (Å²) in [4.78, 5) is 33.8. The van der Waals surface area contributed by atoms with Crippen LogP contribution in [0.15, 0.2) is 53.5 Å². The topological polar surface area (TPSA) is 114 Å². The zero-order chi connectivity index (χ0) is 28.1. The lowest BCUT2D eigenvalue weighted by Crippen LogP contribution is -2.49. The highest BCUT2D eigenvalue weighted by Gasteiger charge is 2.34. The number of nitrogens with two attached hydrogens (primary N) is 2. The van der Waals surface area contributed by atoms with Gasteiger partial charge in [0.1, 0.15) is 11.5 Å². The van der Waals surface area contributed by atoms with Gasteiger partial charge in [0.15, 0.2) is 5.96 Å². The number of primary amides is 1. The molecule has 2 fully saturated rings. The largest absolute Gasteiger partial charge is 0.457 e. The summed E-state index contributed by atoms with van der Waals surface area (Å²) in [6.07, 6.45) is 10.4. The Morgan fingerprint density at radius 3 is 2.42 bits per heavy atom. The SMILES string of the molecule is CN(C(=O)CC[C@@H](C1CCCCC1)N1Cc2cc(Oc3ccccc3)ccc2N=C1N)[C@H]1CC[C@@H](C(N)=O)CC1. The molecule has 0 saturated heterocycles. The molecular weight excluding hydrogens is 502 g/mol. The molecule has 0 spiro atoms. The molecule has 4 N–H and O–H groups in total. The maximum Gasteiger partial charge on any atom is 0.222 e. The summed E-state index contributed by atoms with van der Waals surface area (Å²) in [7, 11) is 1.91. The number of guanidine groups is 1. The van der Waals surface area contributed by atoms with E-state index >= 15 is 0 Å². The van der Waals surface area contributed by atoms with E-state index in [0.717, 1.165) is 67.7 Å². The van der Waals surface area contributed by atoms with E-state index in [1.54, 1.807) is 0 Å².